The van der Waals surface area contributed by atoms with Gasteiger partial charge in [0.05, 0.1) is 6.26 Å². The Balaban J connectivity index is 0.00000210. The van der Waals surface area contributed by atoms with Gasteiger partial charge in [0.25, 0.3) is 0 Å². The SMILES string of the molecule is CN1CCC(c2coc3ccc(NC(=O)Nc4ccccc4)cc23)CC1.Cl. The Hall–Kier alpha value is -2.50. The normalized spacial score (nSPS) is 15.3. The van der Waals surface area contributed by atoms with Gasteiger partial charge in [0.15, 0.2) is 0 Å². The summed E-state index contributed by atoms with van der Waals surface area (Å²) in [5.41, 5.74) is 3.65. The fourth-order valence-corrected chi connectivity index (χ4v) is 3.58. The van der Waals surface area contributed by atoms with Gasteiger partial charge in [0.1, 0.15) is 5.58 Å². The van der Waals surface area contributed by atoms with Gasteiger partial charge in [0, 0.05) is 22.3 Å². The van der Waals surface area contributed by atoms with Crippen LogP contribution in [0, 0.1) is 0 Å². The van der Waals surface area contributed by atoms with Crippen molar-refractivity contribution in [3.8, 4) is 0 Å². The minimum Gasteiger partial charge on any atom is -0.464 e. The zero-order valence-electron chi connectivity index (χ0n) is 15.3. The fourth-order valence-electron chi connectivity index (χ4n) is 3.58. The number of carbonyl (C=O) groups is 1. The van der Waals surface area contributed by atoms with Gasteiger partial charge in [-0.15, -0.1) is 12.4 Å². The maximum Gasteiger partial charge on any atom is 0.323 e. The predicted molar refractivity (Wildman–Crippen MR) is 112 cm³/mol. The number of anilines is 2. The van der Waals surface area contributed by atoms with Crippen molar-refractivity contribution in [1.29, 1.82) is 0 Å². The number of nitrogens with zero attached hydrogens (tertiary/aromatic N) is 1. The van der Waals surface area contributed by atoms with E-state index in [1.807, 2.05) is 54.8 Å². The van der Waals surface area contributed by atoms with Crippen molar-refractivity contribution in [2.75, 3.05) is 30.8 Å². The first-order valence-corrected chi connectivity index (χ1v) is 9.02. The Morgan fingerprint density at radius 2 is 1.74 bits per heavy atom. The molecule has 1 aliphatic rings. The molecule has 2 aromatic carbocycles. The number of hydrogen-bond acceptors (Lipinski definition) is 3. The lowest BCUT2D eigenvalue weighted by molar-refractivity contribution is 0.255. The molecule has 27 heavy (non-hydrogen) atoms. The van der Waals surface area contributed by atoms with E-state index in [1.165, 1.54) is 5.56 Å². The van der Waals surface area contributed by atoms with Gasteiger partial charge < -0.3 is 20.0 Å². The van der Waals surface area contributed by atoms with Crippen molar-refractivity contribution < 1.29 is 9.21 Å². The van der Waals surface area contributed by atoms with Crippen molar-refractivity contribution >= 4 is 40.8 Å². The van der Waals surface area contributed by atoms with E-state index in [1.54, 1.807) is 0 Å². The van der Waals surface area contributed by atoms with Crippen LogP contribution in [-0.2, 0) is 0 Å². The number of likely N-dealkylation sites (tertiary alicyclic amines) is 1. The summed E-state index contributed by atoms with van der Waals surface area (Å²) in [6.07, 6.45) is 4.16. The van der Waals surface area contributed by atoms with Crippen LogP contribution in [0.2, 0.25) is 0 Å². The van der Waals surface area contributed by atoms with Crippen LogP contribution in [0.25, 0.3) is 11.0 Å². The number of halogens is 1. The van der Waals surface area contributed by atoms with E-state index in [4.69, 9.17) is 4.42 Å². The van der Waals surface area contributed by atoms with Gasteiger partial charge in [0.2, 0.25) is 0 Å². The predicted octanol–water partition coefficient (Wildman–Crippen LogP) is 5.31. The smallest absolute Gasteiger partial charge is 0.323 e. The van der Waals surface area contributed by atoms with E-state index < -0.39 is 0 Å². The van der Waals surface area contributed by atoms with Crippen LogP contribution in [0.1, 0.15) is 24.3 Å². The van der Waals surface area contributed by atoms with Crippen LogP contribution < -0.4 is 10.6 Å². The molecule has 3 aromatic rings. The summed E-state index contributed by atoms with van der Waals surface area (Å²) in [4.78, 5) is 14.6. The third-order valence-electron chi connectivity index (χ3n) is 5.05. The summed E-state index contributed by atoms with van der Waals surface area (Å²) in [5.74, 6) is 0.515. The first-order chi connectivity index (χ1) is 12.7. The first-order valence-electron chi connectivity index (χ1n) is 9.02. The monoisotopic (exact) mass is 385 g/mol. The van der Waals surface area contributed by atoms with Crippen molar-refractivity contribution in [3.63, 3.8) is 0 Å². The molecule has 2 heterocycles. The average molecular weight is 386 g/mol. The molecule has 142 valence electrons. The van der Waals surface area contributed by atoms with Crippen molar-refractivity contribution in [2.24, 2.45) is 0 Å². The molecular weight excluding hydrogens is 362 g/mol. The van der Waals surface area contributed by atoms with E-state index in [9.17, 15) is 4.79 Å². The van der Waals surface area contributed by atoms with Gasteiger partial charge in [-0.1, -0.05) is 18.2 Å². The third kappa shape index (κ3) is 4.43. The second-order valence-corrected chi connectivity index (χ2v) is 6.92. The summed E-state index contributed by atoms with van der Waals surface area (Å²) in [7, 11) is 2.16. The van der Waals surface area contributed by atoms with Crippen LogP contribution in [0.5, 0.6) is 0 Å². The Morgan fingerprint density at radius 3 is 2.48 bits per heavy atom. The molecule has 2 N–H and O–H groups in total. The van der Waals surface area contributed by atoms with E-state index in [0.717, 1.165) is 48.3 Å². The maximum absolute atomic E-state index is 12.2. The highest BCUT2D eigenvalue weighted by Crippen LogP contribution is 2.35. The molecule has 0 radical (unpaired) electrons. The molecule has 1 saturated heterocycles. The zero-order valence-corrected chi connectivity index (χ0v) is 16.1. The number of benzene rings is 2. The summed E-state index contributed by atoms with van der Waals surface area (Å²) in [6, 6.07) is 15.0. The molecule has 0 saturated carbocycles. The summed E-state index contributed by atoms with van der Waals surface area (Å²) in [5, 5.41) is 6.84. The molecule has 0 unspecified atom stereocenters. The highest BCUT2D eigenvalue weighted by molar-refractivity contribution is 6.01. The average Bonchev–Trinajstić information content (AvgIpc) is 3.06. The minimum atomic E-state index is -0.250. The summed E-state index contributed by atoms with van der Waals surface area (Å²) >= 11 is 0. The van der Waals surface area contributed by atoms with Crippen LogP contribution in [-0.4, -0.2) is 31.1 Å². The Morgan fingerprint density at radius 1 is 1.04 bits per heavy atom. The number of fused-ring (bicyclic) bond motifs is 1. The molecule has 1 aliphatic heterocycles. The van der Waals surface area contributed by atoms with E-state index in [0.29, 0.717) is 5.92 Å². The topological polar surface area (TPSA) is 57.5 Å². The van der Waals surface area contributed by atoms with Crippen molar-refractivity contribution in [2.45, 2.75) is 18.8 Å². The lowest BCUT2D eigenvalue weighted by Gasteiger charge is -2.28. The van der Waals surface area contributed by atoms with Gasteiger partial charge in [-0.2, -0.15) is 0 Å². The van der Waals surface area contributed by atoms with Crippen molar-refractivity contribution in [1.82, 2.24) is 4.90 Å². The van der Waals surface area contributed by atoms with E-state index in [-0.39, 0.29) is 18.4 Å². The number of carbonyl (C=O) groups excluding carboxylic acids is 1. The Labute approximate surface area is 165 Å². The standard InChI is InChI=1S/C21H23N3O2.ClH/c1-24-11-9-15(10-12-24)19-14-26-20-8-7-17(13-18(19)20)23-21(25)22-16-5-3-2-4-6-16;/h2-8,13-15H,9-12H2,1H3,(H2,22,23,25);1H. The Bertz CT molecular complexity index is 902. The fraction of sp³-hybridized carbons (Fsp3) is 0.286. The van der Waals surface area contributed by atoms with E-state index in [2.05, 4.69) is 22.6 Å². The summed E-state index contributed by atoms with van der Waals surface area (Å²) in [6.45, 7) is 2.21. The number of amides is 2. The number of nitrogens with one attached hydrogen (secondary N) is 2. The lowest BCUT2D eigenvalue weighted by atomic mass is 9.89. The number of hydrogen-bond donors (Lipinski definition) is 2. The quantitative estimate of drug-likeness (QED) is 0.642. The zero-order chi connectivity index (χ0) is 17.9. The molecule has 0 atom stereocenters. The number of urea groups is 1. The summed E-state index contributed by atoms with van der Waals surface area (Å²) < 4.78 is 5.74. The highest BCUT2D eigenvalue weighted by atomic mass is 35.5. The molecule has 5 nitrogen and oxygen atoms in total. The number of furan rings is 1. The van der Waals surface area contributed by atoms with Gasteiger partial charge in [-0.3, -0.25) is 0 Å². The van der Waals surface area contributed by atoms with Crippen LogP contribution in [0.15, 0.2) is 59.2 Å². The molecule has 0 spiro atoms. The van der Waals surface area contributed by atoms with Crippen LogP contribution in [0.4, 0.5) is 16.2 Å². The molecule has 2 amide bonds. The highest BCUT2D eigenvalue weighted by Gasteiger charge is 2.22. The van der Waals surface area contributed by atoms with Crippen LogP contribution in [0.3, 0.4) is 0 Å². The minimum absolute atomic E-state index is 0. The van der Waals surface area contributed by atoms with Gasteiger partial charge in [-0.05, 0) is 69.2 Å². The number of piperidine rings is 1. The molecule has 1 aromatic heterocycles. The first kappa shape index (κ1) is 19.3. The van der Waals surface area contributed by atoms with Gasteiger partial charge >= 0.3 is 6.03 Å². The Kier molecular flexibility index (Phi) is 6.04. The number of rotatable bonds is 3. The van der Waals surface area contributed by atoms with Crippen LogP contribution >= 0.6 is 12.4 Å². The molecule has 4 rings (SSSR count). The maximum atomic E-state index is 12.2. The van der Waals surface area contributed by atoms with Gasteiger partial charge in [-0.25, -0.2) is 4.79 Å². The molecule has 0 bridgehead atoms. The number of para-hydroxylation sites is 1. The second-order valence-electron chi connectivity index (χ2n) is 6.92. The van der Waals surface area contributed by atoms with Crippen molar-refractivity contribution in [3.05, 3.63) is 60.4 Å². The third-order valence-corrected chi connectivity index (χ3v) is 5.05. The molecular formula is C21H24ClN3O2. The molecule has 6 heteroatoms. The molecule has 1 fully saturated rings. The molecule has 0 aliphatic carbocycles. The largest absolute Gasteiger partial charge is 0.464 e. The van der Waals surface area contributed by atoms with E-state index >= 15 is 0 Å². The second kappa shape index (κ2) is 8.46. The lowest BCUT2D eigenvalue weighted by Crippen LogP contribution is -2.29.